The van der Waals surface area contributed by atoms with Crippen LogP contribution < -0.4 is 0 Å². The molecule has 0 fully saturated rings. The maximum absolute atomic E-state index is 5.75. The molecule has 3 aromatic rings. The monoisotopic (exact) mass is 369 g/mol. The summed E-state index contributed by atoms with van der Waals surface area (Å²) in [6.07, 6.45) is 0.707. The fourth-order valence-electron chi connectivity index (χ4n) is 2.40. The highest BCUT2D eigenvalue weighted by atomic mass is 79.9. The Morgan fingerprint density at radius 2 is 1.52 bits per heavy atom. The fourth-order valence-corrected chi connectivity index (χ4v) is 2.78. The lowest BCUT2D eigenvalue weighted by molar-refractivity contribution is 0.0858. The summed E-state index contributed by atoms with van der Waals surface area (Å²) in [6, 6.07) is 17.6. The van der Waals surface area contributed by atoms with Gasteiger partial charge in [-0.05, 0) is 45.8 Å². The van der Waals surface area contributed by atoms with Crippen molar-refractivity contribution in [2.75, 3.05) is 0 Å². The predicted octanol–water partition coefficient (Wildman–Crippen LogP) is 4.57. The van der Waals surface area contributed by atoms with Gasteiger partial charge in [-0.3, -0.25) is 0 Å². The van der Waals surface area contributed by atoms with Crippen LogP contribution in [0.25, 0.3) is 22.9 Å². The molecule has 6 heteroatoms. The van der Waals surface area contributed by atoms with Gasteiger partial charge in [-0.25, -0.2) is 0 Å². The molecular formula is C17H12BrN3O2. The summed E-state index contributed by atoms with van der Waals surface area (Å²) in [5.74, 6) is 1.02. The second kappa shape index (κ2) is 5.96. The van der Waals surface area contributed by atoms with Crippen LogP contribution in [0, 0.1) is 0 Å². The van der Waals surface area contributed by atoms with Crippen LogP contribution >= 0.6 is 15.9 Å². The third-order valence-corrected chi connectivity index (χ3v) is 4.08. The zero-order valence-electron chi connectivity index (χ0n) is 12.0. The Kier molecular flexibility index (Phi) is 3.67. The second-order valence-electron chi connectivity index (χ2n) is 5.17. The molecule has 0 N–H and O–H groups in total. The van der Waals surface area contributed by atoms with E-state index < -0.39 is 0 Å². The van der Waals surface area contributed by atoms with Crippen molar-refractivity contribution in [3.63, 3.8) is 0 Å². The molecule has 0 saturated carbocycles. The molecule has 0 saturated heterocycles. The molecule has 5 nitrogen and oxygen atoms in total. The number of rotatable bonds is 3. The summed E-state index contributed by atoms with van der Waals surface area (Å²) < 4.78 is 6.58. The molecule has 0 bridgehead atoms. The van der Waals surface area contributed by atoms with Crippen LogP contribution in [0.4, 0.5) is 0 Å². The number of hydrogen-bond acceptors (Lipinski definition) is 5. The van der Waals surface area contributed by atoms with E-state index in [9.17, 15) is 0 Å². The topological polar surface area (TPSA) is 60.5 Å². The van der Waals surface area contributed by atoms with Crippen LogP contribution in [-0.4, -0.2) is 14.8 Å². The number of halogens is 1. The number of nitrogens with zero attached hydrogens (tertiary/aromatic N) is 3. The standard InChI is InChI=1S/C17H12BrN3O2/c18-15-10-14(23-21-15)11-6-8-13(9-7-11)17-20-19-16(22-17)12-4-2-1-3-5-12/h1-9,14H,10H2. The number of benzene rings is 2. The van der Waals surface area contributed by atoms with E-state index in [2.05, 4.69) is 31.3 Å². The second-order valence-corrected chi connectivity index (χ2v) is 6.08. The van der Waals surface area contributed by atoms with Gasteiger partial charge in [0, 0.05) is 17.5 Å². The van der Waals surface area contributed by atoms with E-state index in [1.165, 1.54) is 0 Å². The molecule has 0 radical (unpaired) electrons. The van der Waals surface area contributed by atoms with Gasteiger partial charge in [-0.2, -0.15) is 0 Å². The van der Waals surface area contributed by atoms with Crippen LogP contribution in [0.5, 0.6) is 0 Å². The van der Waals surface area contributed by atoms with Crippen molar-refractivity contribution in [1.82, 2.24) is 10.2 Å². The van der Waals surface area contributed by atoms with Crippen molar-refractivity contribution in [1.29, 1.82) is 0 Å². The molecule has 0 aliphatic carbocycles. The lowest BCUT2D eigenvalue weighted by Gasteiger charge is -2.08. The van der Waals surface area contributed by atoms with E-state index in [-0.39, 0.29) is 6.10 Å². The molecule has 23 heavy (non-hydrogen) atoms. The van der Waals surface area contributed by atoms with Gasteiger partial charge in [0.15, 0.2) is 6.10 Å². The predicted molar refractivity (Wildman–Crippen MR) is 90.0 cm³/mol. The Bertz CT molecular complexity index is 844. The molecule has 1 aliphatic heterocycles. The summed E-state index contributed by atoms with van der Waals surface area (Å²) in [7, 11) is 0. The first-order chi connectivity index (χ1) is 11.3. The van der Waals surface area contributed by atoms with E-state index >= 15 is 0 Å². The van der Waals surface area contributed by atoms with Gasteiger partial charge in [-0.15, -0.1) is 10.2 Å². The van der Waals surface area contributed by atoms with E-state index in [0.29, 0.717) is 11.8 Å². The third-order valence-electron chi connectivity index (χ3n) is 3.61. The molecule has 2 heterocycles. The molecular weight excluding hydrogens is 358 g/mol. The Labute approximate surface area is 141 Å². The van der Waals surface area contributed by atoms with Crippen LogP contribution in [0.1, 0.15) is 18.1 Å². The first-order valence-corrected chi connectivity index (χ1v) is 7.96. The first-order valence-electron chi connectivity index (χ1n) is 7.17. The SMILES string of the molecule is BrC1=NOC(c2ccc(-c3nnc(-c4ccccc4)o3)cc2)C1. The highest BCUT2D eigenvalue weighted by molar-refractivity contribution is 9.18. The van der Waals surface area contributed by atoms with Gasteiger partial charge in [0.25, 0.3) is 0 Å². The fraction of sp³-hybridized carbons (Fsp3) is 0.118. The van der Waals surface area contributed by atoms with Crippen LogP contribution in [-0.2, 0) is 4.84 Å². The van der Waals surface area contributed by atoms with Gasteiger partial charge in [0.1, 0.15) is 4.62 Å². The minimum absolute atomic E-state index is 0.0408. The molecule has 1 atom stereocenters. The summed E-state index contributed by atoms with van der Waals surface area (Å²) in [5, 5.41) is 12.1. The zero-order chi connectivity index (χ0) is 15.6. The van der Waals surface area contributed by atoms with Gasteiger partial charge in [0.2, 0.25) is 11.8 Å². The molecule has 4 rings (SSSR count). The minimum atomic E-state index is -0.0408. The normalized spacial score (nSPS) is 16.9. The van der Waals surface area contributed by atoms with E-state index in [1.54, 1.807) is 0 Å². The van der Waals surface area contributed by atoms with E-state index in [1.807, 2.05) is 54.6 Å². The minimum Gasteiger partial charge on any atom is -0.416 e. The Morgan fingerprint density at radius 1 is 0.870 bits per heavy atom. The summed E-state index contributed by atoms with van der Waals surface area (Å²) in [4.78, 5) is 5.35. The van der Waals surface area contributed by atoms with Gasteiger partial charge >= 0.3 is 0 Å². The average Bonchev–Trinajstić information content (AvgIpc) is 3.25. The van der Waals surface area contributed by atoms with Crippen LogP contribution in [0.15, 0.2) is 64.2 Å². The number of oxime groups is 1. The Morgan fingerprint density at radius 3 is 2.13 bits per heavy atom. The van der Waals surface area contributed by atoms with Crippen molar-refractivity contribution in [3.05, 3.63) is 60.2 Å². The molecule has 2 aromatic carbocycles. The Hall–Kier alpha value is -2.47. The Balaban J connectivity index is 1.56. The van der Waals surface area contributed by atoms with Crippen LogP contribution in [0.3, 0.4) is 0 Å². The highest BCUT2D eigenvalue weighted by Gasteiger charge is 2.21. The molecule has 0 amide bonds. The van der Waals surface area contributed by atoms with Crippen molar-refractivity contribution in [2.24, 2.45) is 5.16 Å². The maximum Gasteiger partial charge on any atom is 0.248 e. The van der Waals surface area contributed by atoms with Gasteiger partial charge in [0.05, 0.1) is 0 Å². The zero-order valence-corrected chi connectivity index (χ0v) is 13.6. The molecule has 1 aliphatic rings. The first kappa shape index (κ1) is 14.1. The average molecular weight is 370 g/mol. The quantitative estimate of drug-likeness (QED) is 0.678. The van der Waals surface area contributed by atoms with Crippen molar-refractivity contribution in [2.45, 2.75) is 12.5 Å². The van der Waals surface area contributed by atoms with E-state index in [4.69, 9.17) is 9.25 Å². The highest BCUT2D eigenvalue weighted by Crippen LogP contribution is 2.31. The van der Waals surface area contributed by atoms with Crippen LogP contribution in [0.2, 0.25) is 0 Å². The number of hydrogen-bond donors (Lipinski definition) is 0. The molecule has 114 valence electrons. The number of aromatic nitrogens is 2. The van der Waals surface area contributed by atoms with Gasteiger partial charge < -0.3 is 9.25 Å². The molecule has 1 aromatic heterocycles. The lowest BCUT2D eigenvalue weighted by Crippen LogP contribution is -1.96. The molecule has 0 spiro atoms. The summed E-state index contributed by atoms with van der Waals surface area (Å²) in [5.41, 5.74) is 2.85. The summed E-state index contributed by atoms with van der Waals surface area (Å²) >= 11 is 3.34. The smallest absolute Gasteiger partial charge is 0.248 e. The van der Waals surface area contributed by atoms with Gasteiger partial charge in [-0.1, -0.05) is 35.5 Å². The largest absolute Gasteiger partial charge is 0.416 e. The van der Waals surface area contributed by atoms with Crippen molar-refractivity contribution in [3.8, 4) is 22.9 Å². The lowest BCUT2D eigenvalue weighted by atomic mass is 10.1. The van der Waals surface area contributed by atoms with E-state index in [0.717, 1.165) is 27.7 Å². The van der Waals surface area contributed by atoms with Crippen molar-refractivity contribution < 1.29 is 9.25 Å². The maximum atomic E-state index is 5.75. The van der Waals surface area contributed by atoms with Crippen molar-refractivity contribution >= 4 is 20.6 Å². The summed E-state index contributed by atoms with van der Waals surface area (Å²) in [6.45, 7) is 0. The molecule has 1 unspecified atom stereocenters. The third kappa shape index (κ3) is 2.90.